The van der Waals surface area contributed by atoms with Gasteiger partial charge in [0.2, 0.25) is 11.8 Å². The smallest absolute Gasteiger partial charge is 0.407 e. The highest BCUT2D eigenvalue weighted by Gasteiger charge is 2.26. The number of aromatic nitrogens is 1. The summed E-state index contributed by atoms with van der Waals surface area (Å²) in [5.41, 5.74) is 3.80. The van der Waals surface area contributed by atoms with E-state index >= 15 is 0 Å². The molecule has 0 unspecified atom stereocenters. The molecular weight excluding hydrogens is 604 g/mol. The van der Waals surface area contributed by atoms with E-state index in [0.29, 0.717) is 25.7 Å². The lowest BCUT2D eigenvalue weighted by Crippen LogP contribution is -2.54. The topological polar surface area (TPSA) is 142 Å². The van der Waals surface area contributed by atoms with E-state index in [4.69, 9.17) is 4.74 Å². The van der Waals surface area contributed by atoms with Crippen LogP contribution in [0.3, 0.4) is 0 Å². The molecule has 4 N–H and O–H groups in total. The Bertz CT molecular complexity index is 1360. The van der Waals surface area contributed by atoms with Crippen LogP contribution in [0.1, 0.15) is 56.0 Å². The Morgan fingerprint density at radius 3 is 1.96 bits per heavy atom. The number of carbonyl (C=O) groups is 4. The van der Waals surface area contributed by atoms with Gasteiger partial charge < -0.3 is 30.9 Å². The second-order valence-electron chi connectivity index (χ2n) is 11.5. The molecule has 0 aliphatic rings. The quantitative estimate of drug-likeness (QED) is 0.170. The average Bonchev–Trinajstić information content (AvgIpc) is 3.56. The first-order chi connectivity index (χ1) is 22.1. The van der Waals surface area contributed by atoms with Gasteiger partial charge in [0.05, 0.1) is 10.4 Å². The average molecular weight is 651 g/mol. The van der Waals surface area contributed by atoms with Crippen LogP contribution in [0, 0.1) is 0 Å². The Labute approximate surface area is 275 Å². The molecule has 1 aromatic heterocycles. The van der Waals surface area contributed by atoms with Crippen molar-refractivity contribution < 1.29 is 23.9 Å². The molecule has 2 aromatic carbocycles. The molecule has 248 valence electrons. The van der Waals surface area contributed by atoms with Crippen molar-refractivity contribution in [1.82, 2.24) is 31.2 Å². The molecule has 3 rings (SSSR count). The Balaban J connectivity index is 1.75. The van der Waals surface area contributed by atoms with Gasteiger partial charge in [-0.3, -0.25) is 14.6 Å². The van der Waals surface area contributed by atoms with Gasteiger partial charge in [0.25, 0.3) is 0 Å². The molecule has 0 bridgehead atoms. The molecule has 3 atom stereocenters. The van der Waals surface area contributed by atoms with E-state index in [2.05, 4.69) is 26.3 Å². The fourth-order valence-electron chi connectivity index (χ4n) is 4.76. The molecule has 0 aliphatic carbocycles. The van der Waals surface area contributed by atoms with Crippen LogP contribution >= 0.6 is 11.3 Å². The summed E-state index contributed by atoms with van der Waals surface area (Å²) >= 11 is 1.42. The van der Waals surface area contributed by atoms with Gasteiger partial charge in [0, 0.05) is 44.8 Å². The van der Waals surface area contributed by atoms with E-state index in [-0.39, 0.29) is 55.5 Å². The largest absolute Gasteiger partial charge is 0.444 e. The molecule has 0 spiro atoms. The van der Waals surface area contributed by atoms with E-state index in [1.54, 1.807) is 18.8 Å². The monoisotopic (exact) mass is 650 g/mol. The lowest BCUT2D eigenvalue weighted by Gasteiger charge is -2.28. The highest BCUT2D eigenvalue weighted by molar-refractivity contribution is 7.09. The fourth-order valence-corrected chi connectivity index (χ4v) is 5.26. The summed E-state index contributed by atoms with van der Waals surface area (Å²) in [5, 5.41) is 11.7. The van der Waals surface area contributed by atoms with E-state index in [9.17, 15) is 19.2 Å². The minimum Gasteiger partial charge on any atom is -0.444 e. The van der Waals surface area contributed by atoms with E-state index < -0.39 is 12.1 Å². The van der Waals surface area contributed by atoms with Crippen molar-refractivity contribution in [3.05, 3.63) is 88.4 Å². The SMILES string of the molecule is CC(=O)NCC[C@H](NC(=O)N(C)C(C)C)C(=O)N[C@@H](CC[C@@H](Cc1ccccc1)NC(=O)OCc1cncs1)Cc1ccccc1. The Kier molecular flexibility index (Phi) is 15.0. The number of hydrogen-bond donors (Lipinski definition) is 4. The van der Waals surface area contributed by atoms with Crippen LogP contribution in [0.4, 0.5) is 9.59 Å². The van der Waals surface area contributed by atoms with Crippen LogP contribution in [0.15, 0.2) is 72.4 Å². The predicted octanol–water partition coefficient (Wildman–Crippen LogP) is 4.43. The maximum absolute atomic E-state index is 13.7. The molecule has 0 aliphatic heterocycles. The van der Waals surface area contributed by atoms with Gasteiger partial charge in [0.1, 0.15) is 12.6 Å². The summed E-state index contributed by atoms with van der Waals surface area (Å²) in [7, 11) is 1.67. The van der Waals surface area contributed by atoms with Crippen LogP contribution in [-0.4, -0.2) is 71.6 Å². The lowest BCUT2D eigenvalue weighted by atomic mass is 9.95. The molecule has 0 fully saturated rings. The van der Waals surface area contributed by atoms with Gasteiger partial charge >= 0.3 is 12.1 Å². The first-order valence-corrected chi connectivity index (χ1v) is 16.4. The normalized spacial score (nSPS) is 12.8. The number of thiazole rings is 1. The van der Waals surface area contributed by atoms with Gasteiger partial charge in [0.15, 0.2) is 0 Å². The molecule has 0 saturated carbocycles. The number of nitrogens with one attached hydrogen (secondary N) is 4. The molecule has 12 heteroatoms. The number of carbonyl (C=O) groups excluding carboxylic acids is 4. The summed E-state index contributed by atoms with van der Waals surface area (Å²) in [6.07, 6.45) is 3.62. The number of hydrogen-bond acceptors (Lipinski definition) is 7. The maximum Gasteiger partial charge on any atom is 0.407 e. The van der Waals surface area contributed by atoms with E-state index in [1.807, 2.05) is 74.5 Å². The standard InChI is InChI=1S/C34H46N6O5S/c1-24(2)40(4)33(43)39-31(17-18-36-25(3)41)32(42)37-28(19-26-11-7-5-8-12-26)15-16-29(20-27-13-9-6-10-14-27)38-34(44)45-22-30-21-35-23-46-30/h5-14,21,23-24,28-29,31H,15-20,22H2,1-4H3,(H,36,41)(H,37,42)(H,38,44)(H,39,43)/t28-,29-,31-/m0/s1. The first kappa shape index (κ1) is 36.0. The Morgan fingerprint density at radius 2 is 1.43 bits per heavy atom. The van der Waals surface area contributed by atoms with Crippen molar-refractivity contribution >= 4 is 35.3 Å². The summed E-state index contributed by atoms with van der Waals surface area (Å²) in [5.74, 6) is -0.553. The summed E-state index contributed by atoms with van der Waals surface area (Å²) in [4.78, 5) is 57.3. The minimum atomic E-state index is -0.862. The van der Waals surface area contributed by atoms with Crippen LogP contribution < -0.4 is 21.3 Å². The lowest BCUT2D eigenvalue weighted by molar-refractivity contribution is -0.124. The zero-order valence-electron chi connectivity index (χ0n) is 27.0. The number of alkyl carbamates (subject to hydrolysis) is 1. The summed E-state index contributed by atoms with van der Waals surface area (Å²) in [6.45, 7) is 5.55. The maximum atomic E-state index is 13.7. The zero-order valence-corrected chi connectivity index (χ0v) is 27.8. The highest BCUT2D eigenvalue weighted by atomic mass is 32.1. The molecule has 1 heterocycles. The number of amides is 5. The fraction of sp³-hybridized carbons (Fsp3) is 0.441. The number of ether oxygens (including phenoxy) is 1. The molecule has 5 amide bonds. The third kappa shape index (κ3) is 13.3. The second kappa shape index (κ2) is 19.2. The predicted molar refractivity (Wildman–Crippen MR) is 179 cm³/mol. The van der Waals surface area contributed by atoms with E-state index in [0.717, 1.165) is 16.0 Å². The summed E-state index contributed by atoms with van der Waals surface area (Å²) < 4.78 is 5.46. The number of nitrogens with zero attached hydrogens (tertiary/aromatic N) is 2. The van der Waals surface area contributed by atoms with Crippen LogP contribution in [0.2, 0.25) is 0 Å². The van der Waals surface area contributed by atoms with Crippen molar-refractivity contribution in [2.75, 3.05) is 13.6 Å². The molecular formula is C34H46N6O5S. The third-order valence-electron chi connectivity index (χ3n) is 7.53. The molecule has 0 radical (unpaired) electrons. The minimum absolute atomic E-state index is 0.0624. The van der Waals surface area contributed by atoms with Crippen molar-refractivity contribution in [2.45, 2.75) is 83.6 Å². The number of benzene rings is 2. The van der Waals surface area contributed by atoms with Gasteiger partial charge in [-0.2, -0.15) is 0 Å². The Hall–Kier alpha value is -4.45. The summed E-state index contributed by atoms with van der Waals surface area (Å²) in [6, 6.07) is 17.9. The van der Waals surface area contributed by atoms with Crippen molar-refractivity contribution in [3.8, 4) is 0 Å². The van der Waals surface area contributed by atoms with Crippen LogP contribution in [-0.2, 0) is 33.8 Å². The van der Waals surface area contributed by atoms with Crippen molar-refractivity contribution in [1.29, 1.82) is 0 Å². The van der Waals surface area contributed by atoms with Gasteiger partial charge in [-0.05, 0) is 57.1 Å². The van der Waals surface area contributed by atoms with Gasteiger partial charge in [-0.15, -0.1) is 11.3 Å². The second-order valence-corrected chi connectivity index (χ2v) is 12.5. The highest BCUT2D eigenvalue weighted by Crippen LogP contribution is 2.15. The molecule has 3 aromatic rings. The molecule has 46 heavy (non-hydrogen) atoms. The third-order valence-corrected chi connectivity index (χ3v) is 8.28. The van der Waals surface area contributed by atoms with Crippen LogP contribution in [0.5, 0.6) is 0 Å². The number of rotatable bonds is 17. The van der Waals surface area contributed by atoms with E-state index in [1.165, 1.54) is 23.2 Å². The van der Waals surface area contributed by atoms with Crippen molar-refractivity contribution in [3.63, 3.8) is 0 Å². The zero-order chi connectivity index (χ0) is 33.3. The van der Waals surface area contributed by atoms with Gasteiger partial charge in [-0.25, -0.2) is 9.59 Å². The van der Waals surface area contributed by atoms with Crippen molar-refractivity contribution in [2.24, 2.45) is 0 Å². The Morgan fingerprint density at radius 1 is 0.848 bits per heavy atom. The van der Waals surface area contributed by atoms with Gasteiger partial charge in [-0.1, -0.05) is 60.7 Å². The first-order valence-electron chi connectivity index (χ1n) is 15.6. The van der Waals surface area contributed by atoms with Crippen LogP contribution in [0.25, 0.3) is 0 Å². The number of urea groups is 1. The molecule has 11 nitrogen and oxygen atoms in total. The molecule has 0 saturated heterocycles.